The molecule has 16 heavy (non-hydrogen) atoms. The topological polar surface area (TPSA) is 60.4 Å². The van der Waals surface area contributed by atoms with Crippen molar-refractivity contribution in [2.45, 2.75) is 13.8 Å². The van der Waals surface area contributed by atoms with Crippen LogP contribution >= 0.6 is 0 Å². The summed E-state index contributed by atoms with van der Waals surface area (Å²) >= 11 is 0. The van der Waals surface area contributed by atoms with Gasteiger partial charge in [0.25, 0.3) is 0 Å². The lowest BCUT2D eigenvalue weighted by Gasteiger charge is -1.97. The van der Waals surface area contributed by atoms with Gasteiger partial charge in [0.05, 0.1) is 11.4 Å². The molecule has 2 rings (SSSR count). The molecule has 0 unspecified atom stereocenters. The van der Waals surface area contributed by atoms with E-state index in [0.29, 0.717) is 0 Å². The molecule has 0 spiro atoms. The number of rotatable bonds is 2. The van der Waals surface area contributed by atoms with Crippen molar-refractivity contribution < 1.29 is 4.79 Å². The zero-order valence-electron chi connectivity index (χ0n) is 9.27. The second-order valence-corrected chi connectivity index (χ2v) is 3.75. The van der Waals surface area contributed by atoms with Crippen LogP contribution in [-0.4, -0.2) is 15.3 Å². The van der Waals surface area contributed by atoms with E-state index in [1.165, 1.54) is 6.08 Å². The van der Waals surface area contributed by atoms with Crippen molar-refractivity contribution in [1.29, 1.82) is 0 Å². The fourth-order valence-electron chi connectivity index (χ4n) is 1.65. The zero-order valence-corrected chi connectivity index (χ0v) is 9.27. The first-order valence-corrected chi connectivity index (χ1v) is 5.01. The Morgan fingerprint density at radius 1 is 1.50 bits per heavy atom. The van der Waals surface area contributed by atoms with Gasteiger partial charge in [-0.05, 0) is 37.6 Å². The smallest absolute Gasteiger partial charge is 0.241 e. The molecule has 0 aromatic carbocycles. The van der Waals surface area contributed by atoms with Crippen LogP contribution in [0.15, 0.2) is 24.4 Å². The van der Waals surface area contributed by atoms with Crippen LogP contribution in [0.1, 0.15) is 17.0 Å². The van der Waals surface area contributed by atoms with Gasteiger partial charge in [-0.15, -0.1) is 0 Å². The fraction of sp³-hybridized carbons (Fsp3) is 0.167. The number of fused-ring (bicyclic) bond motifs is 1. The minimum atomic E-state index is -0.457. The van der Waals surface area contributed by atoms with E-state index in [2.05, 4.69) is 4.98 Å². The van der Waals surface area contributed by atoms with Gasteiger partial charge < -0.3 is 5.73 Å². The van der Waals surface area contributed by atoms with E-state index in [1.807, 2.05) is 36.6 Å². The normalized spacial score (nSPS) is 11.4. The number of primary amides is 1. The number of hydrogen-bond donors (Lipinski definition) is 1. The van der Waals surface area contributed by atoms with Gasteiger partial charge in [0.1, 0.15) is 5.65 Å². The van der Waals surface area contributed by atoms with E-state index in [-0.39, 0.29) is 0 Å². The lowest BCUT2D eigenvalue weighted by molar-refractivity contribution is -0.113. The highest BCUT2D eigenvalue weighted by Gasteiger charge is 2.05. The molecule has 4 heteroatoms. The first-order valence-electron chi connectivity index (χ1n) is 5.01. The zero-order chi connectivity index (χ0) is 11.7. The summed E-state index contributed by atoms with van der Waals surface area (Å²) < 4.78 is 1.93. The maximum Gasteiger partial charge on any atom is 0.241 e. The summed E-state index contributed by atoms with van der Waals surface area (Å²) in [4.78, 5) is 15.1. The minimum absolute atomic E-state index is 0.457. The van der Waals surface area contributed by atoms with Crippen molar-refractivity contribution in [3.8, 4) is 0 Å². The number of nitrogens with two attached hydrogens (primary N) is 1. The number of carbonyl (C=O) groups excluding carboxylic acids is 1. The third kappa shape index (κ3) is 1.82. The van der Waals surface area contributed by atoms with E-state index in [4.69, 9.17) is 5.73 Å². The molecular formula is C12H13N3O. The SMILES string of the molecule is Cc1ccn2c(/C=C/C(N)=O)c(C)nc2c1. The van der Waals surface area contributed by atoms with E-state index >= 15 is 0 Å². The maximum atomic E-state index is 10.7. The molecule has 2 N–H and O–H groups in total. The molecule has 82 valence electrons. The van der Waals surface area contributed by atoms with Gasteiger partial charge in [-0.2, -0.15) is 0 Å². The predicted molar refractivity (Wildman–Crippen MR) is 62.9 cm³/mol. The third-order valence-corrected chi connectivity index (χ3v) is 2.41. The lowest BCUT2D eigenvalue weighted by Crippen LogP contribution is -2.05. The van der Waals surface area contributed by atoms with Crippen molar-refractivity contribution in [3.05, 3.63) is 41.4 Å². The Kier molecular flexibility index (Phi) is 2.48. The summed E-state index contributed by atoms with van der Waals surface area (Å²) in [7, 11) is 0. The highest BCUT2D eigenvalue weighted by molar-refractivity contribution is 5.90. The van der Waals surface area contributed by atoms with Crippen molar-refractivity contribution in [2.75, 3.05) is 0 Å². The summed E-state index contributed by atoms with van der Waals surface area (Å²) in [5.74, 6) is -0.457. The van der Waals surface area contributed by atoms with Gasteiger partial charge >= 0.3 is 0 Å². The number of amides is 1. The molecule has 0 saturated heterocycles. The average molecular weight is 215 g/mol. The highest BCUT2D eigenvalue weighted by Crippen LogP contribution is 2.14. The Hall–Kier alpha value is -2.10. The number of carbonyl (C=O) groups is 1. The van der Waals surface area contributed by atoms with Crippen LogP contribution < -0.4 is 5.73 Å². The van der Waals surface area contributed by atoms with Crippen LogP contribution in [-0.2, 0) is 4.79 Å². The van der Waals surface area contributed by atoms with Crippen molar-refractivity contribution in [2.24, 2.45) is 5.73 Å². The van der Waals surface area contributed by atoms with Crippen LogP contribution in [0.4, 0.5) is 0 Å². The molecule has 0 bridgehead atoms. The monoisotopic (exact) mass is 215 g/mol. The van der Waals surface area contributed by atoms with Crippen LogP contribution in [0.3, 0.4) is 0 Å². The van der Waals surface area contributed by atoms with Crippen molar-refractivity contribution in [3.63, 3.8) is 0 Å². The molecule has 4 nitrogen and oxygen atoms in total. The quantitative estimate of drug-likeness (QED) is 0.771. The molecule has 1 amide bonds. The number of imidazole rings is 1. The summed E-state index contributed by atoms with van der Waals surface area (Å²) in [6.45, 7) is 3.92. The van der Waals surface area contributed by atoms with Gasteiger partial charge in [0.15, 0.2) is 0 Å². The van der Waals surface area contributed by atoms with E-state index in [1.54, 1.807) is 6.08 Å². The van der Waals surface area contributed by atoms with Crippen LogP contribution in [0.2, 0.25) is 0 Å². The number of aryl methyl sites for hydroxylation is 2. The summed E-state index contributed by atoms with van der Waals surface area (Å²) in [5, 5.41) is 0. The summed E-state index contributed by atoms with van der Waals surface area (Å²) in [5.41, 5.74) is 8.86. The van der Waals surface area contributed by atoms with Crippen LogP contribution in [0.25, 0.3) is 11.7 Å². The summed E-state index contributed by atoms with van der Waals surface area (Å²) in [6, 6.07) is 3.99. The maximum absolute atomic E-state index is 10.7. The molecule has 0 radical (unpaired) electrons. The van der Waals surface area contributed by atoms with E-state index in [0.717, 1.165) is 22.6 Å². The van der Waals surface area contributed by atoms with Crippen molar-refractivity contribution >= 4 is 17.6 Å². The standard InChI is InChI=1S/C12H13N3O/c1-8-5-6-15-10(3-4-11(13)16)9(2)14-12(15)7-8/h3-7H,1-2H3,(H2,13,16)/b4-3+. The molecule has 0 atom stereocenters. The van der Waals surface area contributed by atoms with E-state index in [9.17, 15) is 4.79 Å². The largest absolute Gasteiger partial charge is 0.366 e. The van der Waals surface area contributed by atoms with Crippen molar-refractivity contribution in [1.82, 2.24) is 9.38 Å². The minimum Gasteiger partial charge on any atom is -0.366 e. The number of hydrogen-bond acceptors (Lipinski definition) is 2. The molecule has 0 aliphatic rings. The molecular weight excluding hydrogens is 202 g/mol. The third-order valence-electron chi connectivity index (χ3n) is 2.41. The first kappa shape index (κ1) is 10.4. The Labute approximate surface area is 93.4 Å². The Morgan fingerprint density at radius 3 is 2.94 bits per heavy atom. The number of aromatic nitrogens is 2. The van der Waals surface area contributed by atoms with Gasteiger partial charge in [-0.3, -0.25) is 9.20 Å². The van der Waals surface area contributed by atoms with Gasteiger partial charge in [0, 0.05) is 12.3 Å². The van der Waals surface area contributed by atoms with Gasteiger partial charge in [-0.1, -0.05) is 0 Å². The molecule has 0 fully saturated rings. The molecule has 2 aromatic heterocycles. The summed E-state index contributed by atoms with van der Waals surface area (Å²) in [6.07, 6.45) is 4.97. The Bertz CT molecular complexity index is 581. The fourth-order valence-corrected chi connectivity index (χ4v) is 1.65. The second-order valence-electron chi connectivity index (χ2n) is 3.75. The highest BCUT2D eigenvalue weighted by atomic mass is 16.1. The molecule has 0 aliphatic carbocycles. The van der Waals surface area contributed by atoms with E-state index < -0.39 is 5.91 Å². The molecule has 2 aromatic rings. The molecule has 0 aliphatic heterocycles. The molecule has 2 heterocycles. The Balaban J connectivity index is 2.60. The molecule has 0 saturated carbocycles. The van der Waals surface area contributed by atoms with Crippen LogP contribution in [0, 0.1) is 13.8 Å². The second kappa shape index (κ2) is 3.81. The Morgan fingerprint density at radius 2 is 2.25 bits per heavy atom. The van der Waals surface area contributed by atoms with Gasteiger partial charge in [-0.25, -0.2) is 4.98 Å². The number of nitrogens with zero attached hydrogens (tertiary/aromatic N) is 2. The van der Waals surface area contributed by atoms with Crippen LogP contribution in [0.5, 0.6) is 0 Å². The average Bonchev–Trinajstić information content (AvgIpc) is 2.50. The predicted octanol–water partition coefficient (Wildman–Crippen LogP) is 1.45. The number of pyridine rings is 1. The lowest BCUT2D eigenvalue weighted by atomic mass is 10.3. The van der Waals surface area contributed by atoms with Gasteiger partial charge in [0.2, 0.25) is 5.91 Å². The first-order chi connectivity index (χ1) is 7.58.